The zero-order chi connectivity index (χ0) is 15.5. The van der Waals surface area contributed by atoms with Crippen molar-refractivity contribution < 1.29 is 9.59 Å². The van der Waals surface area contributed by atoms with Gasteiger partial charge in [0.05, 0.1) is 11.6 Å². The maximum Gasteiger partial charge on any atom is 0.246 e. The molecule has 0 unspecified atom stereocenters. The fraction of sp³-hybridized carbons (Fsp3) is 0.471. The van der Waals surface area contributed by atoms with Gasteiger partial charge in [0.1, 0.15) is 6.54 Å². The maximum absolute atomic E-state index is 12.6. The first kappa shape index (κ1) is 14.6. The lowest BCUT2D eigenvalue weighted by atomic mass is 10.1. The van der Waals surface area contributed by atoms with Crippen molar-refractivity contribution in [1.29, 1.82) is 5.26 Å². The second-order valence-corrected chi connectivity index (χ2v) is 5.84. The van der Waals surface area contributed by atoms with E-state index in [1.54, 1.807) is 21.9 Å². The molecule has 2 aliphatic heterocycles. The molecule has 1 aromatic rings. The predicted molar refractivity (Wildman–Crippen MR) is 82.3 cm³/mol. The van der Waals surface area contributed by atoms with Crippen molar-refractivity contribution in [2.75, 3.05) is 24.5 Å². The highest BCUT2D eigenvalue weighted by molar-refractivity contribution is 5.98. The molecular formula is C17H19N3O2. The number of hydrogen-bond acceptors (Lipinski definition) is 3. The minimum Gasteiger partial charge on any atom is -0.333 e. The highest BCUT2D eigenvalue weighted by Gasteiger charge is 2.28. The lowest BCUT2D eigenvalue weighted by Gasteiger charge is -2.24. The van der Waals surface area contributed by atoms with Gasteiger partial charge in [-0.2, -0.15) is 5.26 Å². The van der Waals surface area contributed by atoms with Crippen molar-refractivity contribution in [2.24, 2.45) is 0 Å². The van der Waals surface area contributed by atoms with Gasteiger partial charge < -0.3 is 9.80 Å². The van der Waals surface area contributed by atoms with E-state index in [1.165, 1.54) is 0 Å². The summed E-state index contributed by atoms with van der Waals surface area (Å²) < 4.78 is 0. The van der Waals surface area contributed by atoms with E-state index in [0.717, 1.165) is 30.5 Å². The van der Waals surface area contributed by atoms with E-state index in [0.29, 0.717) is 31.5 Å². The second kappa shape index (κ2) is 6.18. The summed E-state index contributed by atoms with van der Waals surface area (Å²) in [5.41, 5.74) is 2.41. The molecule has 2 heterocycles. The van der Waals surface area contributed by atoms with Crippen LogP contribution in [0.15, 0.2) is 18.2 Å². The molecule has 5 nitrogen and oxygen atoms in total. The van der Waals surface area contributed by atoms with Crippen LogP contribution in [-0.2, 0) is 16.0 Å². The van der Waals surface area contributed by atoms with Crippen molar-refractivity contribution in [3.63, 3.8) is 0 Å². The zero-order valence-electron chi connectivity index (χ0n) is 12.5. The number of amides is 2. The number of rotatable bonds is 2. The molecule has 0 atom stereocenters. The number of anilines is 1. The number of carbonyl (C=O) groups is 2. The molecule has 0 saturated carbocycles. The minimum absolute atomic E-state index is 0.0518. The predicted octanol–water partition coefficient (Wildman–Crippen LogP) is 1.85. The Labute approximate surface area is 130 Å². The summed E-state index contributed by atoms with van der Waals surface area (Å²) in [6.45, 7) is 1.41. The number of nitrogens with zero attached hydrogens (tertiary/aromatic N) is 3. The number of carbonyl (C=O) groups excluding carboxylic acids is 2. The van der Waals surface area contributed by atoms with Gasteiger partial charge in [-0.25, -0.2) is 0 Å². The Balaban J connectivity index is 1.75. The van der Waals surface area contributed by atoms with Gasteiger partial charge in [0, 0.05) is 25.2 Å². The topological polar surface area (TPSA) is 64.4 Å². The summed E-state index contributed by atoms with van der Waals surface area (Å²) in [6, 6.07) is 7.65. The maximum atomic E-state index is 12.6. The molecule has 1 saturated heterocycles. The molecule has 5 heteroatoms. The number of fused-ring (bicyclic) bond motifs is 1. The van der Waals surface area contributed by atoms with Gasteiger partial charge in [0.15, 0.2) is 0 Å². The third-order valence-electron chi connectivity index (χ3n) is 4.45. The Morgan fingerprint density at radius 2 is 2.05 bits per heavy atom. The molecule has 3 rings (SSSR count). The average Bonchev–Trinajstić information content (AvgIpc) is 2.87. The van der Waals surface area contributed by atoms with Gasteiger partial charge >= 0.3 is 0 Å². The molecule has 0 aliphatic carbocycles. The van der Waals surface area contributed by atoms with Crippen LogP contribution in [0.25, 0.3) is 0 Å². The Kier molecular flexibility index (Phi) is 4.10. The second-order valence-electron chi connectivity index (χ2n) is 5.84. The zero-order valence-corrected chi connectivity index (χ0v) is 12.5. The Morgan fingerprint density at radius 3 is 2.86 bits per heavy atom. The summed E-state index contributed by atoms with van der Waals surface area (Å²) >= 11 is 0. The van der Waals surface area contributed by atoms with Crippen molar-refractivity contribution in [3.05, 3.63) is 29.3 Å². The largest absolute Gasteiger partial charge is 0.333 e. The third-order valence-corrected chi connectivity index (χ3v) is 4.45. The van der Waals surface area contributed by atoms with E-state index in [4.69, 9.17) is 5.26 Å². The van der Waals surface area contributed by atoms with E-state index in [9.17, 15) is 9.59 Å². The van der Waals surface area contributed by atoms with Gasteiger partial charge in [-0.3, -0.25) is 9.59 Å². The lowest BCUT2D eigenvalue weighted by Crippen LogP contribution is -2.42. The van der Waals surface area contributed by atoms with Crippen molar-refractivity contribution >= 4 is 17.5 Å². The van der Waals surface area contributed by atoms with Crippen LogP contribution in [0.3, 0.4) is 0 Å². The van der Waals surface area contributed by atoms with E-state index in [1.807, 2.05) is 6.07 Å². The first-order chi connectivity index (χ1) is 10.7. The smallest absolute Gasteiger partial charge is 0.246 e. The van der Waals surface area contributed by atoms with Gasteiger partial charge in [-0.15, -0.1) is 0 Å². The number of nitriles is 1. The number of hydrogen-bond donors (Lipinski definition) is 0. The van der Waals surface area contributed by atoms with Crippen molar-refractivity contribution in [2.45, 2.75) is 32.1 Å². The van der Waals surface area contributed by atoms with E-state index >= 15 is 0 Å². The number of likely N-dealkylation sites (tertiary alicyclic amines) is 1. The molecule has 0 aromatic heterocycles. The molecule has 0 bridgehead atoms. The highest BCUT2D eigenvalue weighted by Crippen LogP contribution is 2.30. The Bertz CT molecular complexity index is 648. The van der Waals surface area contributed by atoms with E-state index < -0.39 is 0 Å². The highest BCUT2D eigenvalue weighted by atomic mass is 16.2. The van der Waals surface area contributed by atoms with Crippen LogP contribution < -0.4 is 4.90 Å². The summed E-state index contributed by atoms with van der Waals surface area (Å²) in [7, 11) is 0. The molecule has 0 spiro atoms. The van der Waals surface area contributed by atoms with Crippen LogP contribution in [0.1, 0.15) is 36.8 Å². The average molecular weight is 297 g/mol. The SMILES string of the molecule is N#Cc1cccc2c1CCN2C(=O)CN1CCCCCC1=O. The molecule has 0 radical (unpaired) electrons. The van der Waals surface area contributed by atoms with E-state index in [-0.39, 0.29) is 18.4 Å². The first-order valence-electron chi connectivity index (χ1n) is 7.81. The molecule has 22 heavy (non-hydrogen) atoms. The fourth-order valence-corrected chi connectivity index (χ4v) is 3.25. The normalized spacial score (nSPS) is 17.9. The standard InChI is InChI=1S/C17H19N3O2/c18-11-13-5-4-6-15-14(13)8-10-20(15)17(22)12-19-9-3-1-2-7-16(19)21/h4-6H,1-3,7-10,12H2. The van der Waals surface area contributed by atoms with Crippen molar-refractivity contribution in [3.8, 4) is 6.07 Å². The third kappa shape index (κ3) is 2.69. The van der Waals surface area contributed by atoms with Crippen LogP contribution in [0.5, 0.6) is 0 Å². The number of benzene rings is 1. The van der Waals surface area contributed by atoms with Crippen LogP contribution in [0, 0.1) is 11.3 Å². The quantitative estimate of drug-likeness (QED) is 0.837. The molecule has 0 N–H and O–H groups in total. The summed E-state index contributed by atoms with van der Waals surface area (Å²) in [4.78, 5) is 28.0. The Hall–Kier alpha value is -2.35. The van der Waals surface area contributed by atoms with Gasteiger partial charge in [0.25, 0.3) is 0 Å². The molecule has 1 aromatic carbocycles. The first-order valence-corrected chi connectivity index (χ1v) is 7.81. The molecule has 1 fully saturated rings. The van der Waals surface area contributed by atoms with Gasteiger partial charge in [-0.1, -0.05) is 12.5 Å². The van der Waals surface area contributed by atoms with Crippen LogP contribution >= 0.6 is 0 Å². The lowest BCUT2D eigenvalue weighted by molar-refractivity contribution is -0.134. The molecule has 2 amide bonds. The molecule has 2 aliphatic rings. The monoisotopic (exact) mass is 297 g/mol. The Morgan fingerprint density at radius 1 is 1.18 bits per heavy atom. The van der Waals surface area contributed by atoms with Crippen LogP contribution in [-0.4, -0.2) is 36.3 Å². The van der Waals surface area contributed by atoms with Gasteiger partial charge in [0.2, 0.25) is 11.8 Å². The summed E-state index contributed by atoms with van der Waals surface area (Å²) in [6.07, 6.45) is 4.19. The summed E-state index contributed by atoms with van der Waals surface area (Å²) in [5.74, 6) is 0.0279. The van der Waals surface area contributed by atoms with Crippen LogP contribution in [0.4, 0.5) is 5.69 Å². The fourth-order valence-electron chi connectivity index (χ4n) is 3.25. The van der Waals surface area contributed by atoms with E-state index in [2.05, 4.69) is 6.07 Å². The summed E-state index contributed by atoms with van der Waals surface area (Å²) in [5, 5.41) is 9.15. The minimum atomic E-state index is -0.0518. The van der Waals surface area contributed by atoms with Crippen molar-refractivity contribution in [1.82, 2.24) is 4.90 Å². The molecule has 114 valence electrons. The van der Waals surface area contributed by atoms with Crippen LogP contribution in [0.2, 0.25) is 0 Å². The van der Waals surface area contributed by atoms with Gasteiger partial charge in [-0.05, 0) is 37.0 Å². The molecular weight excluding hydrogens is 278 g/mol.